The highest BCUT2D eigenvalue weighted by Crippen LogP contribution is 2.32. The van der Waals surface area contributed by atoms with Gasteiger partial charge in [0.15, 0.2) is 0 Å². The first kappa shape index (κ1) is 13.1. The Morgan fingerprint density at radius 1 is 1.26 bits per heavy atom. The molecule has 4 nitrogen and oxygen atoms in total. The van der Waals surface area contributed by atoms with Gasteiger partial charge in [0.05, 0.1) is 6.33 Å². The SMILES string of the molecule is CC(C1CCOCC1)n1cncc1C1CCNCC1. The average molecular weight is 263 g/mol. The van der Waals surface area contributed by atoms with Gasteiger partial charge in [0.1, 0.15) is 0 Å². The molecule has 2 saturated heterocycles. The molecule has 2 fully saturated rings. The van der Waals surface area contributed by atoms with Gasteiger partial charge in [-0.25, -0.2) is 4.98 Å². The maximum atomic E-state index is 5.48. The summed E-state index contributed by atoms with van der Waals surface area (Å²) in [5.74, 6) is 1.43. The van der Waals surface area contributed by atoms with E-state index in [0.717, 1.165) is 32.2 Å². The zero-order chi connectivity index (χ0) is 13.1. The van der Waals surface area contributed by atoms with Crippen LogP contribution >= 0.6 is 0 Å². The van der Waals surface area contributed by atoms with Crippen molar-refractivity contribution in [3.8, 4) is 0 Å². The van der Waals surface area contributed by atoms with Gasteiger partial charge in [-0.3, -0.25) is 0 Å². The molecule has 1 N–H and O–H groups in total. The van der Waals surface area contributed by atoms with Crippen LogP contribution in [0.2, 0.25) is 0 Å². The Morgan fingerprint density at radius 3 is 2.74 bits per heavy atom. The Balaban J connectivity index is 1.74. The van der Waals surface area contributed by atoms with E-state index in [1.54, 1.807) is 0 Å². The normalized spacial score (nSPS) is 24.5. The molecule has 0 amide bonds. The minimum absolute atomic E-state index is 0.552. The molecule has 2 aliphatic rings. The highest BCUT2D eigenvalue weighted by Gasteiger charge is 2.26. The zero-order valence-corrected chi connectivity index (χ0v) is 11.8. The van der Waals surface area contributed by atoms with Crippen molar-refractivity contribution in [2.45, 2.75) is 44.6 Å². The topological polar surface area (TPSA) is 39.1 Å². The van der Waals surface area contributed by atoms with Gasteiger partial charge < -0.3 is 14.6 Å². The van der Waals surface area contributed by atoms with Crippen LogP contribution in [0.4, 0.5) is 0 Å². The van der Waals surface area contributed by atoms with Crippen LogP contribution in [-0.4, -0.2) is 35.9 Å². The number of imidazole rings is 1. The molecule has 19 heavy (non-hydrogen) atoms. The van der Waals surface area contributed by atoms with Crippen molar-refractivity contribution < 1.29 is 4.74 Å². The van der Waals surface area contributed by atoms with Gasteiger partial charge in [-0.15, -0.1) is 0 Å². The van der Waals surface area contributed by atoms with Gasteiger partial charge in [0.2, 0.25) is 0 Å². The molecule has 106 valence electrons. The molecule has 3 rings (SSSR count). The van der Waals surface area contributed by atoms with Crippen LogP contribution in [0.5, 0.6) is 0 Å². The summed E-state index contributed by atoms with van der Waals surface area (Å²) >= 11 is 0. The van der Waals surface area contributed by atoms with E-state index in [1.807, 2.05) is 6.33 Å². The number of hydrogen-bond acceptors (Lipinski definition) is 3. The smallest absolute Gasteiger partial charge is 0.0950 e. The van der Waals surface area contributed by atoms with Crippen molar-refractivity contribution in [1.29, 1.82) is 0 Å². The number of hydrogen-bond donors (Lipinski definition) is 1. The predicted molar refractivity (Wildman–Crippen MR) is 75.3 cm³/mol. The molecule has 0 aliphatic carbocycles. The molecule has 1 atom stereocenters. The molecule has 2 aliphatic heterocycles. The number of rotatable bonds is 3. The van der Waals surface area contributed by atoms with Crippen molar-refractivity contribution in [2.24, 2.45) is 5.92 Å². The Labute approximate surface area is 115 Å². The second-order valence-electron chi connectivity index (χ2n) is 5.94. The van der Waals surface area contributed by atoms with E-state index < -0.39 is 0 Å². The largest absolute Gasteiger partial charge is 0.381 e. The van der Waals surface area contributed by atoms with Crippen molar-refractivity contribution in [1.82, 2.24) is 14.9 Å². The summed E-state index contributed by atoms with van der Waals surface area (Å²) in [6, 6.07) is 0.552. The standard InChI is InChI=1S/C15H25N3O/c1-12(13-4-8-19-9-5-13)18-11-17-10-15(18)14-2-6-16-7-3-14/h10-14,16H,2-9H2,1H3. The molecule has 0 bridgehead atoms. The summed E-state index contributed by atoms with van der Waals surface area (Å²) < 4.78 is 7.92. The summed E-state index contributed by atoms with van der Waals surface area (Å²) in [5, 5.41) is 3.44. The lowest BCUT2D eigenvalue weighted by atomic mass is 9.90. The predicted octanol–water partition coefficient (Wildman–Crippen LogP) is 2.34. The van der Waals surface area contributed by atoms with E-state index in [-0.39, 0.29) is 0 Å². The third-order valence-corrected chi connectivity index (χ3v) is 4.84. The van der Waals surface area contributed by atoms with E-state index in [4.69, 9.17) is 4.74 Å². The summed E-state index contributed by atoms with van der Waals surface area (Å²) in [5.41, 5.74) is 1.44. The molecule has 1 unspecified atom stereocenters. The molecule has 0 aromatic carbocycles. The average Bonchev–Trinajstić information content (AvgIpc) is 2.98. The lowest BCUT2D eigenvalue weighted by molar-refractivity contribution is 0.0507. The molecule has 4 heteroatoms. The van der Waals surface area contributed by atoms with E-state index in [9.17, 15) is 0 Å². The summed E-state index contributed by atoms with van der Waals surface area (Å²) in [4.78, 5) is 4.42. The molecular formula is C15H25N3O. The second kappa shape index (κ2) is 6.06. The first-order chi connectivity index (χ1) is 9.36. The fraction of sp³-hybridized carbons (Fsp3) is 0.800. The monoisotopic (exact) mass is 263 g/mol. The van der Waals surface area contributed by atoms with Crippen LogP contribution in [0.3, 0.4) is 0 Å². The van der Waals surface area contributed by atoms with Crippen LogP contribution in [0, 0.1) is 5.92 Å². The van der Waals surface area contributed by atoms with Crippen LogP contribution in [0.25, 0.3) is 0 Å². The van der Waals surface area contributed by atoms with E-state index >= 15 is 0 Å². The van der Waals surface area contributed by atoms with Crippen molar-refractivity contribution in [3.05, 3.63) is 18.2 Å². The van der Waals surface area contributed by atoms with Crippen LogP contribution < -0.4 is 5.32 Å². The molecule has 1 aromatic rings. The third-order valence-electron chi connectivity index (χ3n) is 4.84. The Kier molecular flexibility index (Phi) is 4.18. The van der Waals surface area contributed by atoms with Crippen molar-refractivity contribution in [3.63, 3.8) is 0 Å². The Bertz CT molecular complexity index is 392. The first-order valence-corrected chi connectivity index (χ1v) is 7.66. The quantitative estimate of drug-likeness (QED) is 0.910. The summed E-state index contributed by atoms with van der Waals surface area (Å²) in [7, 11) is 0. The fourth-order valence-corrected chi connectivity index (χ4v) is 3.51. The maximum absolute atomic E-state index is 5.48. The molecule has 1 aromatic heterocycles. The Hall–Kier alpha value is -0.870. The number of piperidine rings is 1. The zero-order valence-electron chi connectivity index (χ0n) is 11.8. The van der Waals surface area contributed by atoms with Gasteiger partial charge in [-0.2, -0.15) is 0 Å². The number of aromatic nitrogens is 2. The number of ether oxygens (including phenoxy) is 1. The number of nitrogens with one attached hydrogen (secondary N) is 1. The van der Waals surface area contributed by atoms with Gasteiger partial charge in [-0.05, 0) is 51.6 Å². The van der Waals surface area contributed by atoms with Crippen LogP contribution in [0.15, 0.2) is 12.5 Å². The fourth-order valence-electron chi connectivity index (χ4n) is 3.51. The first-order valence-electron chi connectivity index (χ1n) is 7.66. The molecule has 3 heterocycles. The maximum Gasteiger partial charge on any atom is 0.0950 e. The highest BCUT2D eigenvalue weighted by atomic mass is 16.5. The third kappa shape index (κ3) is 2.84. The molecule has 0 spiro atoms. The van der Waals surface area contributed by atoms with E-state index in [1.165, 1.54) is 31.4 Å². The van der Waals surface area contributed by atoms with Crippen LogP contribution in [-0.2, 0) is 4.74 Å². The van der Waals surface area contributed by atoms with Gasteiger partial charge in [-0.1, -0.05) is 0 Å². The lowest BCUT2D eigenvalue weighted by Crippen LogP contribution is -2.29. The minimum atomic E-state index is 0.552. The molecule has 0 saturated carbocycles. The second-order valence-corrected chi connectivity index (χ2v) is 5.94. The summed E-state index contributed by atoms with van der Waals surface area (Å²) in [6.45, 7) is 6.48. The van der Waals surface area contributed by atoms with E-state index in [0.29, 0.717) is 12.0 Å². The van der Waals surface area contributed by atoms with Crippen molar-refractivity contribution >= 4 is 0 Å². The minimum Gasteiger partial charge on any atom is -0.381 e. The highest BCUT2D eigenvalue weighted by molar-refractivity contribution is 5.09. The van der Waals surface area contributed by atoms with Crippen LogP contribution in [0.1, 0.15) is 50.3 Å². The van der Waals surface area contributed by atoms with Crippen molar-refractivity contribution in [2.75, 3.05) is 26.3 Å². The van der Waals surface area contributed by atoms with Gasteiger partial charge in [0.25, 0.3) is 0 Å². The molecular weight excluding hydrogens is 238 g/mol. The molecule has 0 radical (unpaired) electrons. The Morgan fingerprint density at radius 2 is 2.00 bits per heavy atom. The van der Waals surface area contributed by atoms with Gasteiger partial charge in [0, 0.05) is 37.1 Å². The van der Waals surface area contributed by atoms with Gasteiger partial charge >= 0.3 is 0 Å². The number of nitrogens with zero attached hydrogens (tertiary/aromatic N) is 2. The van der Waals surface area contributed by atoms with E-state index in [2.05, 4.69) is 28.0 Å². The lowest BCUT2D eigenvalue weighted by Gasteiger charge is -2.32. The summed E-state index contributed by atoms with van der Waals surface area (Å²) in [6.07, 6.45) is 8.98.